The van der Waals surface area contributed by atoms with E-state index in [1.165, 1.54) is 70.8 Å². The topological polar surface area (TPSA) is 21.3 Å². The second-order valence-electron chi connectivity index (χ2n) is 14.3. The molecule has 0 N–H and O–H groups in total. The normalized spacial score (nSPS) is 20.2. The van der Waals surface area contributed by atoms with E-state index >= 15 is 0 Å². The van der Waals surface area contributed by atoms with E-state index < -0.39 is 0 Å². The van der Waals surface area contributed by atoms with Crippen molar-refractivity contribution >= 4 is 62.0 Å². The maximum atomic E-state index is 6.49. The summed E-state index contributed by atoms with van der Waals surface area (Å²) in [6, 6.07) is 42.3. The molecule has 52 heavy (non-hydrogen) atoms. The number of nitrogens with zero attached hydrogens (tertiary/aromatic N) is 2. The van der Waals surface area contributed by atoms with Crippen LogP contribution in [-0.4, -0.2) is 10.6 Å². The Morgan fingerprint density at radius 2 is 1.63 bits per heavy atom. The molecule has 1 aliphatic heterocycles. The lowest BCUT2D eigenvalue weighted by molar-refractivity contribution is 0.595. The molecule has 5 aromatic carbocycles. The zero-order chi connectivity index (χ0) is 34.2. The summed E-state index contributed by atoms with van der Waals surface area (Å²) in [5, 5.41) is 3.76. The second-order valence-corrected chi connectivity index (χ2v) is 15.4. The first-order valence-corrected chi connectivity index (χ1v) is 19.2. The molecule has 0 radical (unpaired) electrons. The van der Waals surface area contributed by atoms with Crippen LogP contribution in [-0.2, 0) is 6.42 Å². The number of rotatable bonds is 5. The van der Waals surface area contributed by atoms with Crippen LogP contribution in [0.1, 0.15) is 35.6 Å². The molecule has 2 aromatic heterocycles. The van der Waals surface area contributed by atoms with Crippen LogP contribution in [0, 0.1) is 5.92 Å². The van der Waals surface area contributed by atoms with E-state index in [0.29, 0.717) is 11.8 Å². The van der Waals surface area contributed by atoms with Crippen molar-refractivity contribution in [3.63, 3.8) is 0 Å². The van der Waals surface area contributed by atoms with Gasteiger partial charge in [-0.25, -0.2) is 0 Å². The molecule has 0 saturated heterocycles. The van der Waals surface area contributed by atoms with E-state index in [2.05, 4.69) is 173 Å². The van der Waals surface area contributed by atoms with Crippen LogP contribution in [0.4, 0.5) is 11.4 Å². The van der Waals surface area contributed by atoms with Crippen molar-refractivity contribution in [1.29, 1.82) is 0 Å². The molecule has 7 aromatic rings. The minimum absolute atomic E-state index is 0.124. The third-order valence-corrected chi connectivity index (χ3v) is 12.6. The molecule has 0 amide bonds. The van der Waals surface area contributed by atoms with E-state index in [4.69, 9.17) is 4.42 Å². The lowest BCUT2D eigenvalue weighted by atomic mass is 9.77. The third kappa shape index (κ3) is 4.60. The summed E-state index contributed by atoms with van der Waals surface area (Å²) in [6.07, 6.45) is 21.7. The number of para-hydroxylation sites is 2. The Morgan fingerprint density at radius 3 is 2.56 bits per heavy atom. The number of anilines is 2. The SMILES string of the molecule is C1=CC(C2=CCC(N(c3ccc4c5ccccc5n(-c5ccccc5)c4c3)c3cccc4oc5c(c34)CCC=C5)C=C2)C2C(=C1)Sc1ccccc12. The fourth-order valence-corrected chi connectivity index (χ4v) is 10.4. The Kier molecular flexibility index (Phi) is 6.88. The average molecular weight is 689 g/mol. The van der Waals surface area contributed by atoms with Gasteiger partial charge in [-0.2, -0.15) is 0 Å². The second kappa shape index (κ2) is 11.9. The molecule has 3 nitrogen and oxygen atoms in total. The first kappa shape index (κ1) is 30.0. The van der Waals surface area contributed by atoms with Crippen molar-refractivity contribution < 1.29 is 4.42 Å². The van der Waals surface area contributed by atoms with E-state index in [0.717, 1.165) is 30.6 Å². The summed E-state index contributed by atoms with van der Waals surface area (Å²) < 4.78 is 8.92. The van der Waals surface area contributed by atoms with Gasteiger partial charge in [0.1, 0.15) is 11.3 Å². The Hall–Kier alpha value is -5.71. The quantitative estimate of drug-likeness (QED) is 0.180. The van der Waals surface area contributed by atoms with Gasteiger partial charge in [0.2, 0.25) is 0 Å². The summed E-state index contributed by atoms with van der Waals surface area (Å²) in [5.41, 5.74) is 11.1. The lowest BCUT2D eigenvalue weighted by Gasteiger charge is -2.35. The van der Waals surface area contributed by atoms with Crippen LogP contribution in [0.25, 0.3) is 44.5 Å². The highest BCUT2D eigenvalue weighted by Gasteiger charge is 2.36. The van der Waals surface area contributed by atoms with Crippen molar-refractivity contribution in [2.45, 2.75) is 36.1 Å². The van der Waals surface area contributed by atoms with Crippen molar-refractivity contribution in [1.82, 2.24) is 4.57 Å². The summed E-state index contributed by atoms with van der Waals surface area (Å²) in [7, 11) is 0. The summed E-state index contributed by atoms with van der Waals surface area (Å²) in [5.74, 6) is 1.71. The maximum absolute atomic E-state index is 6.49. The molecule has 3 unspecified atom stereocenters. The van der Waals surface area contributed by atoms with Crippen LogP contribution in [0.2, 0.25) is 0 Å². The summed E-state index contributed by atoms with van der Waals surface area (Å²) in [6.45, 7) is 0. The van der Waals surface area contributed by atoms with Gasteiger partial charge in [-0.15, -0.1) is 0 Å². The van der Waals surface area contributed by atoms with Crippen molar-refractivity contribution in [3.8, 4) is 5.69 Å². The molecule has 3 heterocycles. The number of allylic oxidation sites excluding steroid dienone is 7. The van der Waals surface area contributed by atoms with Crippen molar-refractivity contribution in [2.75, 3.05) is 4.90 Å². The minimum Gasteiger partial charge on any atom is -0.456 e. The number of furan rings is 1. The van der Waals surface area contributed by atoms with Gasteiger partial charge in [0.05, 0.1) is 22.8 Å². The number of fused-ring (bicyclic) bond motifs is 9. The van der Waals surface area contributed by atoms with Gasteiger partial charge in [0.25, 0.3) is 0 Å². The average Bonchev–Trinajstić information content (AvgIpc) is 3.88. The molecule has 0 spiro atoms. The molecular weight excluding hydrogens is 653 g/mol. The first-order valence-electron chi connectivity index (χ1n) is 18.4. The number of aryl methyl sites for hydroxylation is 1. The Bertz CT molecular complexity index is 2720. The van der Waals surface area contributed by atoms with Gasteiger partial charge in [-0.1, -0.05) is 121 Å². The predicted octanol–water partition coefficient (Wildman–Crippen LogP) is 12.8. The first-order chi connectivity index (χ1) is 25.8. The van der Waals surface area contributed by atoms with Crippen molar-refractivity contribution in [2.24, 2.45) is 5.92 Å². The number of thioether (sulfide) groups is 1. The molecule has 250 valence electrons. The predicted molar refractivity (Wildman–Crippen MR) is 218 cm³/mol. The zero-order valence-electron chi connectivity index (χ0n) is 28.7. The van der Waals surface area contributed by atoms with Gasteiger partial charge in [-0.05, 0) is 89.9 Å². The molecule has 11 rings (SSSR count). The standard InChI is InChI=1S/C48H36N2OS/c1-2-12-32(13-3-1)50-40-18-7-4-14-36(40)37-29-28-34(30-42(37)50)49(41-19-11-21-44-48(41)38-15-5-8-20-43(38)51-44)33-26-24-31(25-27-33)35-17-10-23-46-47(35)39-16-6-9-22-45(39)52-46/h1-4,6-14,16-26,28-30,33,35,47H,5,15,27H2. The molecule has 4 aliphatic rings. The fourth-order valence-electron chi connectivity index (χ4n) is 9.12. The zero-order valence-corrected chi connectivity index (χ0v) is 29.5. The van der Waals surface area contributed by atoms with E-state index in [1.54, 1.807) is 0 Å². The van der Waals surface area contributed by atoms with Crippen LogP contribution in [0.15, 0.2) is 178 Å². The third-order valence-electron chi connectivity index (χ3n) is 11.4. The van der Waals surface area contributed by atoms with Crippen molar-refractivity contribution in [3.05, 3.63) is 185 Å². The lowest BCUT2D eigenvalue weighted by Crippen LogP contribution is -2.31. The monoisotopic (exact) mass is 688 g/mol. The summed E-state index contributed by atoms with van der Waals surface area (Å²) in [4.78, 5) is 5.43. The largest absolute Gasteiger partial charge is 0.456 e. The number of hydrogen-bond acceptors (Lipinski definition) is 3. The van der Waals surface area contributed by atoms with Gasteiger partial charge in [0.15, 0.2) is 0 Å². The molecule has 4 heteroatoms. The Morgan fingerprint density at radius 1 is 0.769 bits per heavy atom. The minimum atomic E-state index is 0.124. The fraction of sp³-hybridized carbons (Fsp3) is 0.125. The highest BCUT2D eigenvalue weighted by Crippen LogP contribution is 2.55. The smallest absolute Gasteiger partial charge is 0.137 e. The van der Waals surface area contributed by atoms with Gasteiger partial charge < -0.3 is 13.9 Å². The maximum Gasteiger partial charge on any atom is 0.137 e. The molecule has 3 atom stereocenters. The van der Waals surface area contributed by atoms with Gasteiger partial charge in [-0.3, -0.25) is 0 Å². The summed E-state index contributed by atoms with van der Waals surface area (Å²) >= 11 is 1.94. The molecule has 3 aliphatic carbocycles. The number of aromatic nitrogens is 1. The van der Waals surface area contributed by atoms with Crippen LogP contribution in [0.5, 0.6) is 0 Å². The number of hydrogen-bond donors (Lipinski definition) is 0. The number of benzene rings is 5. The van der Waals surface area contributed by atoms with Gasteiger partial charge >= 0.3 is 0 Å². The van der Waals surface area contributed by atoms with E-state index in [9.17, 15) is 0 Å². The molecular formula is C48H36N2OS. The van der Waals surface area contributed by atoms with Crippen LogP contribution >= 0.6 is 11.8 Å². The van der Waals surface area contributed by atoms with Gasteiger partial charge in [0, 0.05) is 49.8 Å². The van der Waals surface area contributed by atoms with E-state index in [1.807, 2.05) is 11.8 Å². The Balaban J connectivity index is 1.06. The van der Waals surface area contributed by atoms with Crippen LogP contribution < -0.4 is 4.90 Å². The Labute approximate surface area is 307 Å². The molecule has 0 saturated carbocycles. The molecule has 0 bridgehead atoms. The highest BCUT2D eigenvalue weighted by atomic mass is 32.2. The molecule has 0 fully saturated rings. The highest BCUT2D eigenvalue weighted by molar-refractivity contribution is 8.03. The van der Waals surface area contributed by atoms with E-state index in [-0.39, 0.29) is 6.04 Å². The van der Waals surface area contributed by atoms with Crippen LogP contribution in [0.3, 0.4) is 0 Å².